The first kappa shape index (κ1) is 24.0. The van der Waals surface area contributed by atoms with Crippen molar-refractivity contribution in [1.29, 1.82) is 0 Å². The second-order valence-electron chi connectivity index (χ2n) is 11.3. The number of nitrogens with zero attached hydrogens (tertiary/aromatic N) is 2. The summed E-state index contributed by atoms with van der Waals surface area (Å²) in [5.41, 5.74) is 9.25. The summed E-state index contributed by atoms with van der Waals surface area (Å²) < 4.78 is 0. The summed E-state index contributed by atoms with van der Waals surface area (Å²) in [5, 5.41) is 0.927. The molecule has 0 saturated heterocycles. The lowest BCUT2D eigenvalue weighted by atomic mass is 9.80. The van der Waals surface area contributed by atoms with Crippen LogP contribution in [0.25, 0.3) is 0 Å². The normalized spacial score (nSPS) is 25.2. The number of rotatable bonds is 3. The van der Waals surface area contributed by atoms with Crippen LogP contribution >= 0.6 is 11.6 Å². The molecule has 1 unspecified atom stereocenters. The highest BCUT2D eigenvalue weighted by atomic mass is 35.5. The molecule has 2 nitrogen and oxygen atoms in total. The Morgan fingerprint density at radius 2 is 1.51 bits per heavy atom. The second-order valence-corrected chi connectivity index (χ2v) is 11.7. The monoisotopic (exact) mass is 484 g/mol. The molecule has 0 spiro atoms. The van der Waals surface area contributed by atoms with Gasteiger partial charge in [0, 0.05) is 47.0 Å². The van der Waals surface area contributed by atoms with Crippen LogP contribution in [0, 0.1) is 0 Å². The van der Waals surface area contributed by atoms with Crippen molar-refractivity contribution >= 4 is 23.0 Å². The van der Waals surface area contributed by atoms with Crippen LogP contribution in [-0.2, 0) is 10.8 Å². The summed E-state index contributed by atoms with van der Waals surface area (Å²) in [4.78, 5) is 4.73. The van der Waals surface area contributed by atoms with Crippen molar-refractivity contribution in [2.24, 2.45) is 0 Å². The maximum Gasteiger partial charge on any atom is 0.0565 e. The van der Waals surface area contributed by atoms with Gasteiger partial charge in [-0.15, -0.1) is 0 Å². The largest absolute Gasteiger partial charge is 0.367 e. The molecule has 35 heavy (non-hydrogen) atoms. The third kappa shape index (κ3) is 3.87. The molecule has 0 bridgehead atoms. The first-order valence-corrected chi connectivity index (χ1v) is 13.2. The zero-order chi connectivity index (χ0) is 25.0. The zero-order valence-corrected chi connectivity index (χ0v) is 22.7. The first-order valence-electron chi connectivity index (χ1n) is 12.8. The molecule has 3 aliphatic rings. The van der Waals surface area contributed by atoms with E-state index in [-0.39, 0.29) is 10.8 Å². The fraction of sp³-hybridized carbons (Fsp3) is 0.375. The van der Waals surface area contributed by atoms with Crippen LogP contribution in [0.4, 0.5) is 11.4 Å². The van der Waals surface area contributed by atoms with Gasteiger partial charge in [-0.25, -0.2) is 0 Å². The Labute approximate surface area is 216 Å². The van der Waals surface area contributed by atoms with Gasteiger partial charge < -0.3 is 9.80 Å². The average Bonchev–Trinajstić information content (AvgIpc) is 3.16. The SMILES string of the molecule is CN1/C(=C/C=C2\CCCC(/C=C/C3N(C)c4ccccc4C3(C)C)=C2Cl)C(C)(C)c2ccccc21. The highest BCUT2D eigenvalue weighted by molar-refractivity contribution is 6.32. The Hall–Kier alpha value is -2.71. The lowest BCUT2D eigenvalue weighted by Crippen LogP contribution is -2.37. The fourth-order valence-corrected chi connectivity index (χ4v) is 6.70. The van der Waals surface area contributed by atoms with Crippen LogP contribution in [0.3, 0.4) is 0 Å². The number of benzene rings is 2. The maximum absolute atomic E-state index is 7.02. The van der Waals surface area contributed by atoms with Crippen molar-refractivity contribution < 1.29 is 0 Å². The van der Waals surface area contributed by atoms with Crippen LogP contribution in [-0.4, -0.2) is 20.1 Å². The molecule has 182 valence electrons. The van der Waals surface area contributed by atoms with Gasteiger partial charge in [0.15, 0.2) is 0 Å². The van der Waals surface area contributed by atoms with E-state index >= 15 is 0 Å². The van der Waals surface area contributed by atoms with Crippen LogP contribution in [0.1, 0.15) is 58.1 Å². The number of halogens is 1. The molecule has 2 aliphatic heterocycles. The molecule has 1 atom stereocenters. The Kier molecular flexibility index (Phi) is 6.00. The fourth-order valence-electron chi connectivity index (χ4n) is 6.39. The number of allylic oxidation sites excluding steroid dienone is 7. The van der Waals surface area contributed by atoms with E-state index in [4.69, 9.17) is 11.6 Å². The molecular weight excluding hydrogens is 448 g/mol. The smallest absolute Gasteiger partial charge is 0.0565 e. The molecule has 3 heteroatoms. The number of hydrogen-bond acceptors (Lipinski definition) is 2. The molecule has 0 saturated carbocycles. The summed E-state index contributed by atoms with van der Waals surface area (Å²) >= 11 is 7.02. The van der Waals surface area contributed by atoms with Crippen molar-refractivity contribution in [3.05, 3.63) is 106 Å². The third-order valence-electron chi connectivity index (χ3n) is 8.45. The highest BCUT2D eigenvalue weighted by Gasteiger charge is 2.41. The summed E-state index contributed by atoms with van der Waals surface area (Å²) in [6.45, 7) is 9.31. The van der Waals surface area contributed by atoms with E-state index in [1.54, 1.807) is 0 Å². The molecule has 0 radical (unpaired) electrons. The Balaban J connectivity index is 1.43. The third-order valence-corrected chi connectivity index (χ3v) is 8.94. The summed E-state index contributed by atoms with van der Waals surface area (Å²) in [7, 11) is 4.37. The van der Waals surface area contributed by atoms with Crippen LogP contribution in [0.5, 0.6) is 0 Å². The highest BCUT2D eigenvalue weighted by Crippen LogP contribution is 2.47. The summed E-state index contributed by atoms with van der Waals surface area (Å²) in [6.07, 6.45) is 12.4. The van der Waals surface area contributed by atoms with Crippen molar-refractivity contribution in [2.75, 3.05) is 23.9 Å². The minimum atomic E-state index is -0.0242. The topological polar surface area (TPSA) is 6.48 Å². The van der Waals surface area contributed by atoms with Crippen molar-refractivity contribution in [1.82, 2.24) is 0 Å². The molecule has 1 aliphatic carbocycles. The molecule has 2 aromatic carbocycles. The predicted molar refractivity (Wildman–Crippen MR) is 152 cm³/mol. The van der Waals surface area contributed by atoms with Crippen LogP contribution < -0.4 is 9.80 Å². The summed E-state index contributed by atoms with van der Waals surface area (Å²) in [6, 6.07) is 17.8. The Morgan fingerprint density at radius 3 is 2.20 bits per heavy atom. The van der Waals surface area contributed by atoms with Gasteiger partial charge in [0.05, 0.1) is 6.04 Å². The van der Waals surface area contributed by atoms with E-state index in [2.05, 4.69) is 124 Å². The standard InChI is InChI=1S/C32H37ClN2/c1-31(2)24-14-7-9-16-26(24)34(5)28(31)20-18-22-12-11-13-23(30(22)33)19-21-29-32(3,4)25-15-8-10-17-27(25)35(29)6/h7-10,14-21,28H,11-13H2,1-6H3/b20-18+,23-19+,29-21+. The van der Waals surface area contributed by atoms with Crippen molar-refractivity contribution in [3.63, 3.8) is 0 Å². The second kappa shape index (κ2) is 8.75. The number of fused-ring (bicyclic) bond motifs is 2. The lowest BCUT2D eigenvalue weighted by Gasteiger charge is -2.30. The minimum absolute atomic E-state index is 0.0242. The zero-order valence-electron chi connectivity index (χ0n) is 21.9. The van der Waals surface area contributed by atoms with Gasteiger partial charge in [-0.3, -0.25) is 0 Å². The molecule has 0 aromatic heterocycles. The van der Waals surface area contributed by atoms with E-state index < -0.39 is 0 Å². The lowest BCUT2D eigenvalue weighted by molar-refractivity contribution is 0.487. The molecule has 2 aromatic rings. The average molecular weight is 485 g/mol. The molecule has 0 fully saturated rings. The molecule has 5 rings (SSSR count). The van der Waals surface area contributed by atoms with Crippen LogP contribution in [0.2, 0.25) is 0 Å². The summed E-state index contributed by atoms with van der Waals surface area (Å²) in [5.74, 6) is 0. The number of likely N-dealkylation sites (N-methyl/N-ethyl adjacent to an activating group) is 2. The van der Waals surface area contributed by atoms with Gasteiger partial charge >= 0.3 is 0 Å². The van der Waals surface area contributed by atoms with Gasteiger partial charge in [0.1, 0.15) is 0 Å². The predicted octanol–water partition coefficient (Wildman–Crippen LogP) is 8.25. The van der Waals surface area contributed by atoms with Crippen molar-refractivity contribution in [2.45, 2.75) is 63.8 Å². The maximum atomic E-state index is 7.02. The van der Waals surface area contributed by atoms with E-state index in [1.165, 1.54) is 39.3 Å². The van der Waals surface area contributed by atoms with Gasteiger partial charge in [-0.2, -0.15) is 0 Å². The molecule has 2 heterocycles. The Bertz CT molecular complexity index is 1270. The molecule has 0 amide bonds. The van der Waals surface area contributed by atoms with Gasteiger partial charge in [0.25, 0.3) is 0 Å². The van der Waals surface area contributed by atoms with Crippen LogP contribution in [0.15, 0.2) is 94.7 Å². The van der Waals surface area contributed by atoms with E-state index in [0.717, 1.165) is 24.3 Å². The Morgan fingerprint density at radius 1 is 0.857 bits per heavy atom. The quantitative estimate of drug-likeness (QED) is 0.432. The van der Waals surface area contributed by atoms with E-state index in [0.29, 0.717) is 6.04 Å². The number of para-hydroxylation sites is 2. The number of anilines is 2. The van der Waals surface area contributed by atoms with Crippen molar-refractivity contribution in [3.8, 4) is 0 Å². The van der Waals surface area contributed by atoms with Gasteiger partial charge in [0.2, 0.25) is 0 Å². The van der Waals surface area contributed by atoms with E-state index in [9.17, 15) is 0 Å². The van der Waals surface area contributed by atoms with Gasteiger partial charge in [-0.1, -0.05) is 93.9 Å². The first-order chi connectivity index (χ1) is 16.6. The van der Waals surface area contributed by atoms with E-state index in [1.807, 2.05) is 0 Å². The molecule has 0 N–H and O–H groups in total. The number of hydrogen-bond donors (Lipinski definition) is 0. The minimum Gasteiger partial charge on any atom is -0.367 e. The molecular formula is C32H37ClN2. The van der Waals surface area contributed by atoms with Gasteiger partial charge in [-0.05, 0) is 59.7 Å².